The van der Waals surface area contributed by atoms with Crippen molar-refractivity contribution in [3.8, 4) is 11.5 Å². The van der Waals surface area contributed by atoms with Crippen LogP contribution in [-0.4, -0.2) is 30.7 Å². The molecule has 0 aliphatic carbocycles. The summed E-state index contributed by atoms with van der Waals surface area (Å²) in [6.07, 6.45) is 0.582. The van der Waals surface area contributed by atoms with Crippen LogP contribution in [0.1, 0.15) is 46.4 Å². The first kappa shape index (κ1) is 17.2. The molecule has 1 unspecified atom stereocenters. The van der Waals surface area contributed by atoms with Gasteiger partial charge in [0.2, 0.25) is 0 Å². The number of hydrogen-bond acceptors (Lipinski definition) is 5. The molecule has 2 aliphatic rings. The molecule has 4 N–H and O–H groups in total. The zero-order valence-electron chi connectivity index (χ0n) is 15.2. The fourth-order valence-electron chi connectivity index (χ4n) is 3.76. The smallest absolute Gasteiger partial charge is 0.256 e. The lowest BCUT2D eigenvalue weighted by Crippen LogP contribution is -3.14. The van der Waals surface area contributed by atoms with Crippen LogP contribution in [0.2, 0.25) is 0 Å². The standard InChI is InChI=1S/C19H23N3O3S/c1-10(2)22-7-6-12-15(9-22)26-19-16(12)18(24)20-17(21-19)11-4-5-14(25-3)13(23)8-11/h4-5,8,10,17,21,23H,6-7,9H2,1-3H3,(H,20,24)/p+1/t17-/m0/s1. The Hall–Kier alpha value is -2.25. The van der Waals surface area contributed by atoms with Crippen molar-refractivity contribution < 1.29 is 19.5 Å². The summed E-state index contributed by atoms with van der Waals surface area (Å²) in [5, 5.41) is 17.4. The maximum Gasteiger partial charge on any atom is 0.256 e. The van der Waals surface area contributed by atoms with Crippen LogP contribution < -0.4 is 20.3 Å². The van der Waals surface area contributed by atoms with E-state index in [-0.39, 0.29) is 17.8 Å². The number of phenolic OH excluding ortho intramolecular Hbond substituents is 1. The number of anilines is 1. The van der Waals surface area contributed by atoms with Gasteiger partial charge in [0.05, 0.1) is 30.1 Å². The fourth-order valence-corrected chi connectivity index (χ4v) is 5.08. The number of phenols is 1. The Bertz CT molecular complexity index is 862. The van der Waals surface area contributed by atoms with Gasteiger partial charge in [-0.05, 0) is 37.1 Å². The minimum absolute atomic E-state index is 0.0374. The van der Waals surface area contributed by atoms with E-state index in [2.05, 4.69) is 24.5 Å². The largest absolute Gasteiger partial charge is 0.504 e. The zero-order valence-corrected chi connectivity index (χ0v) is 16.0. The number of nitrogens with one attached hydrogen (secondary N) is 3. The molecule has 0 saturated heterocycles. The zero-order chi connectivity index (χ0) is 18.4. The number of carbonyl (C=O) groups excluding carboxylic acids is 1. The van der Waals surface area contributed by atoms with Crippen molar-refractivity contribution in [1.29, 1.82) is 0 Å². The van der Waals surface area contributed by atoms with Gasteiger partial charge < -0.3 is 25.4 Å². The third kappa shape index (κ3) is 2.81. The molecule has 1 aromatic heterocycles. The maximum atomic E-state index is 12.8. The number of aromatic hydroxyl groups is 1. The summed E-state index contributed by atoms with van der Waals surface area (Å²) in [6.45, 7) is 6.53. The summed E-state index contributed by atoms with van der Waals surface area (Å²) in [5.74, 6) is 0.443. The molecular formula is C19H24N3O3S+. The number of hydrogen-bond donors (Lipinski definition) is 4. The number of methoxy groups -OCH3 is 1. The van der Waals surface area contributed by atoms with Crippen LogP contribution in [-0.2, 0) is 13.0 Å². The molecule has 3 heterocycles. The topological polar surface area (TPSA) is 75.0 Å². The minimum Gasteiger partial charge on any atom is -0.504 e. The molecule has 138 valence electrons. The maximum absolute atomic E-state index is 12.8. The average molecular weight is 374 g/mol. The summed E-state index contributed by atoms with van der Waals surface area (Å²) in [7, 11) is 1.51. The van der Waals surface area contributed by atoms with E-state index in [9.17, 15) is 9.90 Å². The first-order valence-corrected chi connectivity index (χ1v) is 9.73. The number of quaternary nitrogens is 1. The lowest BCUT2D eigenvalue weighted by molar-refractivity contribution is -0.936. The van der Waals surface area contributed by atoms with Crippen molar-refractivity contribution in [1.82, 2.24) is 5.32 Å². The Labute approximate surface area is 156 Å². The van der Waals surface area contributed by atoms with Gasteiger partial charge in [-0.3, -0.25) is 4.79 Å². The Balaban J connectivity index is 1.63. The summed E-state index contributed by atoms with van der Waals surface area (Å²) in [5.41, 5.74) is 2.81. The molecule has 2 aliphatic heterocycles. The van der Waals surface area contributed by atoms with Gasteiger partial charge in [-0.1, -0.05) is 6.07 Å². The molecule has 1 aromatic carbocycles. The fraction of sp³-hybridized carbons (Fsp3) is 0.421. The molecule has 0 spiro atoms. The molecule has 7 heteroatoms. The van der Waals surface area contributed by atoms with Crippen LogP contribution in [0.25, 0.3) is 0 Å². The van der Waals surface area contributed by atoms with Crippen molar-refractivity contribution in [3.63, 3.8) is 0 Å². The predicted octanol–water partition coefficient (Wildman–Crippen LogP) is 1.67. The minimum atomic E-state index is -0.361. The van der Waals surface area contributed by atoms with E-state index in [4.69, 9.17) is 4.74 Å². The highest BCUT2D eigenvalue weighted by Gasteiger charge is 2.35. The van der Waals surface area contributed by atoms with Crippen molar-refractivity contribution in [2.75, 3.05) is 19.0 Å². The highest BCUT2D eigenvalue weighted by Crippen LogP contribution is 2.40. The SMILES string of the molecule is COc1ccc([C@H]2NC(=O)c3c(sc4c3CC[NH+](C(C)C)C4)N2)cc1O. The van der Waals surface area contributed by atoms with Crippen LogP contribution in [0.3, 0.4) is 0 Å². The highest BCUT2D eigenvalue weighted by atomic mass is 32.1. The van der Waals surface area contributed by atoms with Gasteiger partial charge in [0.1, 0.15) is 17.7 Å². The lowest BCUT2D eigenvalue weighted by atomic mass is 9.99. The van der Waals surface area contributed by atoms with Gasteiger partial charge in [-0.15, -0.1) is 11.3 Å². The summed E-state index contributed by atoms with van der Waals surface area (Å²) < 4.78 is 5.09. The summed E-state index contributed by atoms with van der Waals surface area (Å²) in [4.78, 5) is 15.7. The molecule has 0 fully saturated rings. The Morgan fingerprint density at radius 1 is 1.35 bits per heavy atom. The van der Waals surface area contributed by atoms with Crippen molar-refractivity contribution in [2.45, 2.75) is 39.0 Å². The molecule has 2 aromatic rings. The van der Waals surface area contributed by atoms with E-state index in [1.165, 1.54) is 17.6 Å². The van der Waals surface area contributed by atoms with E-state index in [1.54, 1.807) is 28.4 Å². The Morgan fingerprint density at radius 3 is 2.85 bits per heavy atom. The van der Waals surface area contributed by atoms with Crippen LogP contribution >= 0.6 is 11.3 Å². The van der Waals surface area contributed by atoms with Crippen molar-refractivity contribution in [3.05, 3.63) is 39.8 Å². The van der Waals surface area contributed by atoms with E-state index in [1.807, 2.05) is 6.07 Å². The summed E-state index contributed by atoms with van der Waals surface area (Å²) in [6, 6.07) is 5.76. The second-order valence-electron chi connectivity index (χ2n) is 7.18. The van der Waals surface area contributed by atoms with Crippen molar-refractivity contribution >= 4 is 22.2 Å². The Morgan fingerprint density at radius 2 is 2.15 bits per heavy atom. The van der Waals surface area contributed by atoms with E-state index in [0.717, 1.165) is 35.6 Å². The van der Waals surface area contributed by atoms with Gasteiger partial charge >= 0.3 is 0 Å². The van der Waals surface area contributed by atoms with Crippen molar-refractivity contribution in [2.24, 2.45) is 0 Å². The quantitative estimate of drug-likeness (QED) is 0.659. The highest BCUT2D eigenvalue weighted by molar-refractivity contribution is 7.16. The monoisotopic (exact) mass is 374 g/mol. The predicted molar refractivity (Wildman–Crippen MR) is 101 cm³/mol. The number of carbonyl (C=O) groups is 1. The van der Waals surface area contributed by atoms with Gasteiger partial charge in [0.15, 0.2) is 11.5 Å². The molecule has 6 nitrogen and oxygen atoms in total. The normalized spacial score (nSPS) is 21.6. The van der Waals surface area contributed by atoms with Gasteiger partial charge in [0.25, 0.3) is 5.91 Å². The number of amides is 1. The number of ether oxygens (including phenoxy) is 1. The number of rotatable bonds is 3. The second kappa shape index (κ2) is 6.48. The van der Waals surface area contributed by atoms with E-state index in [0.29, 0.717) is 11.8 Å². The summed E-state index contributed by atoms with van der Waals surface area (Å²) >= 11 is 1.69. The molecule has 2 atom stereocenters. The van der Waals surface area contributed by atoms with E-state index < -0.39 is 0 Å². The van der Waals surface area contributed by atoms with E-state index >= 15 is 0 Å². The van der Waals surface area contributed by atoms with Crippen LogP contribution in [0.15, 0.2) is 18.2 Å². The first-order valence-electron chi connectivity index (χ1n) is 8.91. The molecule has 4 rings (SSSR count). The average Bonchev–Trinajstić information content (AvgIpc) is 2.99. The first-order chi connectivity index (χ1) is 12.5. The third-order valence-electron chi connectivity index (χ3n) is 5.31. The Kier molecular flexibility index (Phi) is 4.28. The van der Waals surface area contributed by atoms with Gasteiger partial charge in [-0.25, -0.2) is 0 Å². The van der Waals surface area contributed by atoms with Crippen LogP contribution in [0, 0.1) is 0 Å². The molecule has 0 radical (unpaired) electrons. The number of benzene rings is 1. The lowest BCUT2D eigenvalue weighted by Gasteiger charge is -2.28. The second-order valence-corrected chi connectivity index (χ2v) is 8.28. The van der Waals surface area contributed by atoms with Crippen LogP contribution in [0.4, 0.5) is 5.00 Å². The molecule has 0 bridgehead atoms. The molecule has 0 saturated carbocycles. The van der Waals surface area contributed by atoms with Gasteiger partial charge in [-0.2, -0.15) is 0 Å². The molecule has 1 amide bonds. The molecular weight excluding hydrogens is 350 g/mol. The van der Waals surface area contributed by atoms with Gasteiger partial charge in [0, 0.05) is 6.42 Å². The van der Waals surface area contributed by atoms with Crippen LogP contribution in [0.5, 0.6) is 11.5 Å². The number of fused-ring (bicyclic) bond motifs is 3. The molecule has 26 heavy (non-hydrogen) atoms. The third-order valence-corrected chi connectivity index (χ3v) is 6.47. The number of thiophene rings is 1.